The number of amides is 1. The number of carbonyl (C=O) groups is 1. The second-order valence-corrected chi connectivity index (χ2v) is 7.46. The van der Waals surface area contributed by atoms with E-state index in [1.54, 1.807) is 6.33 Å². The smallest absolute Gasteiger partial charge is 0.242 e. The molecule has 6 nitrogen and oxygen atoms in total. The molecule has 29 heavy (non-hydrogen) atoms. The number of hydrogen-bond donors (Lipinski definition) is 1. The lowest BCUT2D eigenvalue weighted by molar-refractivity contribution is -0.120. The van der Waals surface area contributed by atoms with Crippen LogP contribution < -0.4 is 10.2 Å². The molecule has 0 saturated carbocycles. The summed E-state index contributed by atoms with van der Waals surface area (Å²) in [5.41, 5.74) is 3.67. The highest BCUT2D eigenvalue weighted by atomic mass is 35.5. The molecule has 1 N–H and O–H groups in total. The number of halogens is 1. The molecule has 0 radical (unpaired) electrons. The highest BCUT2D eigenvalue weighted by Gasteiger charge is 2.31. The van der Waals surface area contributed by atoms with Crippen LogP contribution in [0.4, 0.5) is 5.69 Å². The van der Waals surface area contributed by atoms with Crippen molar-refractivity contribution in [2.45, 2.75) is 25.6 Å². The van der Waals surface area contributed by atoms with E-state index in [4.69, 9.17) is 16.9 Å². The Bertz CT molecular complexity index is 1040. The predicted molar refractivity (Wildman–Crippen MR) is 112 cm³/mol. The van der Waals surface area contributed by atoms with Gasteiger partial charge in [0.1, 0.15) is 6.04 Å². The van der Waals surface area contributed by atoms with Crippen LogP contribution in [0, 0.1) is 11.3 Å². The summed E-state index contributed by atoms with van der Waals surface area (Å²) in [5, 5.41) is 12.6. The standard InChI is InChI=1S/C22H20ClN5O/c23-18-5-7-19(8-6-18)28(21-9-10-26-22(21)29)14-20-12-25-15-27(20)13-17-3-1-16(11-24)2-4-17/h1-8,12,15,21H,9-10,13-14H2,(H,26,29). The molecule has 1 amide bonds. The van der Waals surface area contributed by atoms with Crippen LogP contribution >= 0.6 is 11.6 Å². The molecule has 1 atom stereocenters. The van der Waals surface area contributed by atoms with Crippen molar-refractivity contribution in [3.05, 3.63) is 82.9 Å². The molecule has 1 aliphatic rings. The largest absolute Gasteiger partial charge is 0.354 e. The number of aromatic nitrogens is 2. The van der Waals surface area contributed by atoms with Crippen LogP contribution in [0.3, 0.4) is 0 Å². The summed E-state index contributed by atoms with van der Waals surface area (Å²) in [4.78, 5) is 18.8. The minimum atomic E-state index is -0.227. The Kier molecular flexibility index (Phi) is 5.50. The van der Waals surface area contributed by atoms with Gasteiger partial charge in [-0.3, -0.25) is 4.79 Å². The number of nitriles is 1. The van der Waals surface area contributed by atoms with Crippen molar-refractivity contribution in [2.75, 3.05) is 11.4 Å². The van der Waals surface area contributed by atoms with Crippen molar-refractivity contribution >= 4 is 23.2 Å². The second-order valence-electron chi connectivity index (χ2n) is 7.02. The maximum Gasteiger partial charge on any atom is 0.242 e. The topological polar surface area (TPSA) is 74.0 Å². The lowest BCUT2D eigenvalue weighted by Gasteiger charge is -2.29. The van der Waals surface area contributed by atoms with Crippen LogP contribution in [0.15, 0.2) is 61.1 Å². The number of hydrogen-bond acceptors (Lipinski definition) is 4. The molecule has 146 valence electrons. The van der Waals surface area contributed by atoms with E-state index >= 15 is 0 Å². The monoisotopic (exact) mass is 405 g/mol. The molecule has 4 rings (SSSR count). The molecule has 7 heteroatoms. The fourth-order valence-corrected chi connectivity index (χ4v) is 3.70. The third-order valence-electron chi connectivity index (χ3n) is 5.12. The van der Waals surface area contributed by atoms with Crippen LogP contribution in [0.2, 0.25) is 5.02 Å². The van der Waals surface area contributed by atoms with Crippen LogP contribution in [0.5, 0.6) is 0 Å². The van der Waals surface area contributed by atoms with Gasteiger partial charge < -0.3 is 14.8 Å². The number of benzene rings is 2. The number of nitrogens with one attached hydrogen (secondary N) is 1. The molecule has 1 fully saturated rings. The summed E-state index contributed by atoms with van der Waals surface area (Å²) in [6.45, 7) is 1.88. The Hall–Kier alpha value is -3.30. The minimum Gasteiger partial charge on any atom is -0.354 e. The third-order valence-corrected chi connectivity index (χ3v) is 5.37. The maximum absolute atomic E-state index is 12.4. The first kappa shape index (κ1) is 19.0. The van der Waals surface area contributed by atoms with Gasteiger partial charge in [0.25, 0.3) is 0 Å². The Morgan fingerprint density at radius 2 is 1.97 bits per heavy atom. The minimum absolute atomic E-state index is 0.0399. The number of rotatable bonds is 6. The zero-order valence-electron chi connectivity index (χ0n) is 15.8. The van der Waals surface area contributed by atoms with Gasteiger partial charge in [-0.25, -0.2) is 4.98 Å². The molecular formula is C22H20ClN5O. The van der Waals surface area contributed by atoms with Gasteiger partial charge >= 0.3 is 0 Å². The lowest BCUT2D eigenvalue weighted by Crippen LogP contribution is -2.40. The quantitative estimate of drug-likeness (QED) is 0.682. The normalized spacial score (nSPS) is 15.7. The van der Waals surface area contributed by atoms with E-state index in [-0.39, 0.29) is 11.9 Å². The Labute approximate surface area is 174 Å². The summed E-state index contributed by atoms with van der Waals surface area (Å²) in [5.74, 6) is 0.0399. The Morgan fingerprint density at radius 1 is 1.21 bits per heavy atom. The van der Waals surface area contributed by atoms with Crippen molar-refractivity contribution in [3.8, 4) is 6.07 Å². The molecule has 1 saturated heterocycles. The van der Waals surface area contributed by atoms with Gasteiger partial charge in [0.15, 0.2) is 0 Å². The van der Waals surface area contributed by atoms with E-state index in [1.807, 2.05) is 54.7 Å². The van der Waals surface area contributed by atoms with Gasteiger partial charge in [0.05, 0.1) is 30.2 Å². The van der Waals surface area contributed by atoms with E-state index in [9.17, 15) is 4.79 Å². The predicted octanol–water partition coefficient (Wildman–Crippen LogP) is 3.35. The molecule has 2 heterocycles. The van der Waals surface area contributed by atoms with Crippen LogP contribution in [0.1, 0.15) is 23.2 Å². The zero-order chi connectivity index (χ0) is 20.2. The van der Waals surface area contributed by atoms with Gasteiger partial charge in [0.2, 0.25) is 5.91 Å². The first-order valence-electron chi connectivity index (χ1n) is 9.42. The number of imidazole rings is 1. The lowest BCUT2D eigenvalue weighted by atomic mass is 10.1. The molecule has 1 aromatic heterocycles. The van der Waals surface area contributed by atoms with Crippen molar-refractivity contribution < 1.29 is 4.79 Å². The van der Waals surface area contributed by atoms with Crippen molar-refractivity contribution in [3.63, 3.8) is 0 Å². The van der Waals surface area contributed by atoms with Crippen molar-refractivity contribution in [2.24, 2.45) is 0 Å². The zero-order valence-corrected chi connectivity index (χ0v) is 16.5. The molecule has 2 aromatic carbocycles. The fraction of sp³-hybridized carbons (Fsp3) is 0.227. The third kappa shape index (κ3) is 4.25. The molecule has 3 aromatic rings. The summed E-state index contributed by atoms with van der Waals surface area (Å²) >= 11 is 6.05. The first-order valence-corrected chi connectivity index (χ1v) is 9.80. The van der Waals surface area contributed by atoms with Gasteiger partial charge in [0, 0.05) is 30.0 Å². The molecule has 1 aliphatic heterocycles. The average molecular weight is 406 g/mol. The van der Waals surface area contributed by atoms with Gasteiger partial charge in [-0.1, -0.05) is 23.7 Å². The van der Waals surface area contributed by atoms with Gasteiger partial charge in [-0.05, 0) is 48.4 Å². The van der Waals surface area contributed by atoms with E-state index < -0.39 is 0 Å². The first-order chi connectivity index (χ1) is 14.1. The molecule has 0 bridgehead atoms. The van der Waals surface area contributed by atoms with Crippen molar-refractivity contribution in [1.29, 1.82) is 5.26 Å². The van der Waals surface area contributed by atoms with Gasteiger partial charge in [-0.15, -0.1) is 0 Å². The summed E-state index contributed by atoms with van der Waals surface area (Å²) in [6, 6.07) is 17.0. The van der Waals surface area contributed by atoms with Crippen LogP contribution in [-0.2, 0) is 17.9 Å². The number of anilines is 1. The highest BCUT2D eigenvalue weighted by Crippen LogP contribution is 2.25. The van der Waals surface area contributed by atoms with Crippen LogP contribution in [-0.4, -0.2) is 28.0 Å². The van der Waals surface area contributed by atoms with Crippen LogP contribution in [0.25, 0.3) is 0 Å². The Morgan fingerprint density at radius 3 is 2.62 bits per heavy atom. The van der Waals surface area contributed by atoms with E-state index in [0.717, 1.165) is 23.4 Å². The fourth-order valence-electron chi connectivity index (χ4n) is 3.57. The molecular weight excluding hydrogens is 386 g/mol. The molecule has 0 aliphatic carbocycles. The number of carbonyl (C=O) groups excluding carboxylic acids is 1. The van der Waals surface area contributed by atoms with Gasteiger partial charge in [-0.2, -0.15) is 5.26 Å². The average Bonchev–Trinajstić information content (AvgIpc) is 3.36. The summed E-state index contributed by atoms with van der Waals surface area (Å²) in [7, 11) is 0. The second kappa shape index (κ2) is 8.38. The van der Waals surface area contributed by atoms with E-state index in [1.165, 1.54) is 0 Å². The van der Waals surface area contributed by atoms with E-state index in [2.05, 4.69) is 25.8 Å². The Balaban J connectivity index is 1.59. The number of nitrogens with zero attached hydrogens (tertiary/aromatic N) is 4. The van der Waals surface area contributed by atoms with E-state index in [0.29, 0.717) is 30.2 Å². The SMILES string of the molecule is N#Cc1ccc(Cn2cncc2CN(c2ccc(Cl)cc2)C2CCNC2=O)cc1. The maximum atomic E-state index is 12.4. The molecule has 0 spiro atoms. The highest BCUT2D eigenvalue weighted by molar-refractivity contribution is 6.30. The summed E-state index contributed by atoms with van der Waals surface area (Å²) in [6.07, 6.45) is 4.38. The van der Waals surface area contributed by atoms with Crippen molar-refractivity contribution in [1.82, 2.24) is 14.9 Å². The molecule has 1 unspecified atom stereocenters. The summed E-state index contributed by atoms with van der Waals surface area (Å²) < 4.78 is 2.07.